The molecule has 0 saturated heterocycles. The average Bonchev–Trinajstić information content (AvgIpc) is 2.76. The van der Waals surface area contributed by atoms with Crippen molar-refractivity contribution in [3.05, 3.63) is 54.1 Å². The summed E-state index contributed by atoms with van der Waals surface area (Å²) in [6, 6.07) is 12.2. The Kier molecular flexibility index (Phi) is 9.63. The van der Waals surface area contributed by atoms with E-state index in [0.717, 1.165) is 18.4 Å². The minimum absolute atomic E-state index is 0.0273. The van der Waals surface area contributed by atoms with E-state index in [1.807, 2.05) is 13.8 Å². The van der Waals surface area contributed by atoms with E-state index >= 15 is 0 Å². The molecule has 0 aliphatic rings. The number of carbonyl (C=O) groups is 1. The number of rotatable bonds is 13. The highest BCUT2D eigenvalue weighted by molar-refractivity contribution is 7.89. The molecule has 2 aromatic rings. The molecule has 3 N–H and O–H groups in total. The van der Waals surface area contributed by atoms with Crippen molar-refractivity contribution in [2.75, 3.05) is 26.2 Å². The number of hydrogen-bond donors (Lipinski definition) is 3. The Morgan fingerprint density at radius 1 is 0.812 bits per heavy atom. The van der Waals surface area contributed by atoms with Crippen LogP contribution in [-0.2, 0) is 24.8 Å². The Balaban J connectivity index is 1.73. The molecule has 2 rings (SSSR count). The summed E-state index contributed by atoms with van der Waals surface area (Å²) in [6.45, 7) is 4.04. The van der Waals surface area contributed by atoms with E-state index in [1.165, 1.54) is 36.4 Å². The van der Waals surface area contributed by atoms with Crippen molar-refractivity contribution >= 4 is 26.0 Å². The van der Waals surface area contributed by atoms with Crippen LogP contribution in [0, 0.1) is 6.92 Å². The van der Waals surface area contributed by atoms with Crippen LogP contribution < -0.4 is 19.5 Å². The second-order valence-corrected chi connectivity index (χ2v) is 10.6. The summed E-state index contributed by atoms with van der Waals surface area (Å²) in [5.74, 6) is -0.0924. The Labute approximate surface area is 189 Å². The normalized spacial score (nSPS) is 11.8. The first-order valence-electron chi connectivity index (χ1n) is 10.2. The van der Waals surface area contributed by atoms with Gasteiger partial charge >= 0.3 is 0 Å². The molecule has 0 aliphatic heterocycles. The third-order valence-electron chi connectivity index (χ3n) is 4.40. The summed E-state index contributed by atoms with van der Waals surface area (Å²) < 4.78 is 58.9. The highest BCUT2D eigenvalue weighted by Crippen LogP contribution is 2.16. The number of ether oxygens (including phenoxy) is 1. The highest BCUT2D eigenvalue weighted by atomic mass is 32.2. The summed E-state index contributed by atoms with van der Waals surface area (Å²) in [7, 11) is -7.21. The van der Waals surface area contributed by atoms with Crippen LogP contribution in [0.3, 0.4) is 0 Å². The second kappa shape index (κ2) is 12.0. The standard InChI is InChI=1S/C21H29N3O6S2/c1-3-4-13-23-31(26,27)20-11-7-18(8-12-20)30-16-21(25)22-14-15-24-32(28,29)19-9-5-17(2)6-10-19/h5-12,23-24H,3-4,13-16H2,1-2H3,(H,22,25). The molecule has 11 heteroatoms. The highest BCUT2D eigenvalue weighted by Gasteiger charge is 2.14. The van der Waals surface area contributed by atoms with Crippen LogP contribution in [0.5, 0.6) is 5.75 Å². The van der Waals surface area contributed by atoms with E-state index in [4.69, 9.17) is 4.74 Å². The van der Waals surface area contributed by atoms with Crippen LogP contribution in [0.2, 0.25) is 0 Å². The molecule has 9 nitrogen and oxygen atoms in total. The number of amides is 1. The molecule has 0 bridgehead atoms. The Morgan fingerprint density at radius 2 is 1.34 bits per heavy atom. The molecule has 0 aromatic heterocycles. The molecular weight excluding hydrogens is 454 g/mol. The predicted molar refractivity (Wildman–Crippen MR) is 121 cm³/mol. The quantitative estimate of drug-likeness (QED) is 0.371. The predicted octanol–water partition coefficient (Wildman–Crippen LogP) is 1.55. The minimum atomic E-state index is -3.64. The lowest BCUT2D eigenvalue weighted by molar-refractivity contribution is -0.123. The van der Waals surface area contributed by atoms with Crippen molar-refractivity contribution in [1.82, 2.24) is 14.8 Å². The number of carbonyl (C=O) groups excluding carboxylic acids is 1. The van der Waals surface area contributed by atoms with Crippen molar-refractivity contribution in [2.45, 2.75) is 36.5 Å². The number of aryl methyl sites for hydroxylation is 1. The summed E-state index contributed by atoms with van der Waals surface area (Å²) in [5.41, 5.74) is 0.955. The molecule has 0 saturated carbocycles. The molecule has 0 spiro atoms. The van der Waals surface area contributed by atoms with Gasteiger partial charge in [-0.15, -0.1) is 0 Å². The number of nitrogens with one attached hydrogen (secondary N) is 3. The van der Waals surface area contributed by atoms with Gasteiger partial charge in [0.2, 0.25) is 20.0 Å². The third-order valence-corrected chi connectivity index (χ3v) is 7.35. The van der Waals surface area contributed by atoms with E-state index < -0.39 is 26.0 Å². The number of benzene rings is 2. The molecule has 0 radical (unpaired) electrons. The van der Waals surface area contributed by atoms with Gasteiger partial charge in [0.25, 0.3) is 5.91 Å². The van der Waals surface area contributed by atoms with Gasteiger partial charge in [0.15, 0.2) is 6.61 Å². The van der Waals surface area contributed by atoms with Gasteiger partial charge in [-0.25, -0.2) is 26.3 Å². The molecule has 176 valence electrons. The second-order valence-electron chi connectivity index (χ2n) is 7.07. The first kappa shape index (κ1) is 25.8. The van der Waals surface area contributed by atoms with Crippen LogP contribution in [0.25, 0.3) is 0 Å². The van der Waals surface area contributed by atoms with E-state index in [1.54, 1.807) is 12.1 Å². The maximum atomic E-state index is 12.2. The largest absolute Gasteiger partial charge is 0.484 e. The lowest BCUT2D eigenvalue weighted by Gasteiger charge is -2.10. The molecule has 0 aliphatic carbocycles. The number of unbranched alkanes of at least 4 members (excludes halogenated alkanes) is 1. The first-order chi connectivity index (χ1) is 15.1. The summed E-state index contributed by atoms with van der Waals surface area (Å²) in [6.07, 6.45) is 1.64. The zero-order valence-electron chi connectivity index (χ0n) is 18.1. The van der Waals surface area contributed by atoms with Gasteiger partial charge in [0, 0.05) is 19.6 Å². The fraction of sp³-hybridized carbons (Fsp3) is 0.381. The van der Waals surface area contributed by atoms with Gasteiger partial charge in [-0.3, -0.25) is 4.79 Å². The summed E-state index contributed by atoms with van der Waals surface area (Å²) >= 11 is 0. The molecule has 1 amide bonds. The van der Waals surface area contributed by atoms with Crippen LogP contribution >= 0.6 is 0 Å². The maximum Gasteiger partial charge on any atom is 0.257 e. The Hall–Kier alpha value is -2.47. The maximum absolute atomic E-state index is 12.2. The first-order valence-corrected chi connectivity index (χ1v) is 13.2. The van der Waals surface area contributed by atoms with E-state index in [2.05, 4.69) is 14.8 Å². The number of hydrogen-bond acceptors (Lipinski definition) is 6. The Morgan fingerprint density at radius 3 is 1.91 bits per heavy atom. The molecule has 0 heterocycles. The smallest absolute Gasteiger partial charge is 0.257 e. The van der Waals surface area contributed by atoms with Crippen molar-refractivity contribution in [3.63, 3.8) is 0 Å². The molecule has 2 aromatic carbocycles. The van der Waals surface area contributed by atoms with Crippen molar-refractivity contribution in [1.29, 1.82) is 0 Å². The van der Waals surface area contributed by atoms with Gasteiger partial charge in [-0.2, -0.15) is 0 Å². The molecule has 0 atom stereocenters. The number of sulfonamides is 2. The van der Waals surface area contributed by atoms with E-state index in [0.29, 0.717) is 12.3 Å². The SMILES string of the molecule is CCCCNS(=O)(=O)c1ccc(OCC(=O)NCCNS(=O)(=O)c2ccc(C)cc2)cc1. The van der Waals surface area contributed by atoms with Gasteiger partial charge < -0.3 is 10.1 Å². The van der Waals surface area contributed by atoms with Crippen molar-refractivity contribution < 1.29 is 26.4 Å². The molecule has 0 fully saturated rings. The fourth-order valence-corrected chi connectivity index (χ4v) is 4.68. The van der Waals surface area contributed by atoms with Gasteiger partial charge in [0.1, 0.15) is 5.75 Å². The lowest BCUT2D eigenvalue weighted by atomic mass is 10.2. The van der Waals surface area contributed by atoms with E-state index in [-0.39, 0.29) is 29.5 Å². The molecule has 32 heavy (non-hydrogen) atoms. The van der Waals surface area contributed by atoms with Gasteiger partial charge in [0.05, 0.1) is 9.79 Å². The molecular formula is C21H29N3O6S2. The zero-order chi connectivity index (χ0) is 23.6. The zero-order valence-corrected chi connectivity index (χ0v) is 19.8. The topological polar surface area (TPSA) is 131 Å². The average molecular weight is 484 g/mol. The van der Waals surface area contributed by atoms with Crippen molar-refractivity contribution in [3.8, 4) is 5.75 Å². The van der Waals surface area contributed by atoms with Gasteiger partial charge in [-0.05, 0) is 49.7 Å². The summed E-state index contributed by atoms with van der Waals surface area (Å²) in [5, 5.41) is 2.55. The minimum Gasteiger partial charge on any atom is -0.484 e. The monoisotopic (exact) mass is 483 g/mol. The molecule has 0 unspecified atom stereocenters. The van der Waals surface area contributed by atoms with Crippen LogP contribution in [-0.4, -0.2) is 49.0 Å². The van der Waals surface area contributed by atoms with Crippen LogP contribution in [0.4, 0.5) is 0 Å². The van der Waals surface area contributed by atoms with Crippen LogP contribution in [0.15, 0.2) is 58.3 Å². The fourth-order valence-electron chi connectivity index (χ4n) is 2.57. The van der Waals surface area contributed by atoms with Crippen molar-refractivity contribution in [2.24, 2.45) is 0 Å². The van der Waals surface area contributed by atoms with Crippen LogP contribution in [0.1, 0.15) is 25.3 Å². The van der Waals surface area contributed by atoms with E-state index in [9.17, 15) is 21.6 Å². The lowest BCUT2D eigenvalue weighted by Crippen LogP contribution is -2.36. The van der Waals surface area contributed by atoms with Gasteiger partial charge in [-0.1, -0.05) is 31.0 Å². The Bertz CT molecular complexity index is 1080. The summed E-state index contributed by atoms with van der Waals surface area (Å²) in [4.78, 5) is 12.2. The third kappa shape index (κ3) is 8.23.